The van der Waals surface area contributed by atoms with Crippen LogP contribution in [-0.2, 0) is 11.3 Å². The van der Waals surface area contributed by atoms with Crippen LogP contribution in [0.5, 0.6) is 0 Å². The first-order valence-corrected chi connectivity index (χ1v) is 5.61. The summed E-state index contributed by atoms with van der Waals surface area (Å²) in [6.45, 7) is 2.27. The molecule has 16 heavy (non-hydrogen) atoms. The van der Waals surface area contributed by atoms with Gasteiger partial charge in [-0.05, 0) is 31.5 Å². The second-order valence-electron chi connectivity index (χ2n) is 3.98. The molecule has 0 radical (unpaired) electrons. The molecule has 0 aliphatic carbocycles. The third-order valence-corrected chi connectivity index (χ3v) is 2.74. The van der Waals surface area contributed by atoms with Crippen LogP contribution in [0.4, 0.5) is 0 Å². The van der Waals surface area contributed by atoms with Crippen molar-refractivity contribution in [2.45, 2.75) is 19.4 Å². The van der Waals surface area contributed by atoms with Gasteiger partial charge in [-0.2, -0.15) is 10.2 Å². The Balaban J connectivity index is 1.79. The van der Waals surface area contributed by atoms with E-state index in [1.54, 1.807) is 6.20 Å². The molecule has 0 spiro atoms. The van der Waals surface area contributed by atoms with Crippen LogP contribution in [0.2, 0.25) is 0 Å². The third-order valence-electron chi connectivity index (χ3n) is 2.74. The van der Waals surface area contributed by atoms with Crippen molar-refractivity contribution in [2.75, 3.05) is 13.1 Å². The molecular formula is C11H16N4O. The van der Waals surface area contributed by atoms with Crippen LogP contribution in [0.3, 0.4) is 0 Å². The molecule has 1 unspecified atom stereocenters. The molecule has 1 amide bonds. The summed E-state index contributed by atoms with van der Waals surface area (Å²) in [6, 6.07) is 3.67. The van der Waals surface area contributed by atoms with E-state index in [2.05, 4.69) is 20.8 Å². The SMILES string of the molecule is O=C(NCc1cccnn1)C1CCCNC1. The minimum absolute atomic E-state index is 0.102. The topological polar surface area (TPSA) is 66.9 Å². The number of piperidine rings is 1. The molecule has 0 aromatic carbocycles. The number of nitrogens with one attached hydrogen (secondary N) is 2. The number of carbonyl (C=O) groups is 1. The van der Waals surface area contributed by atoms with E-state index in [0.717, 1.165) is 31.6 Å². The smallest absolute Gasteiger partial charge is 0.224 e. The number of aromatic nitrogens is 2. The Morgan fingerprint density at radius 2 is 2.56 bits per heavy atom. The average Bonchev–Trinajstić information content (AvgIpc) is 2.38. The molecule has 2 N–H and O–H groups in total. The minimum Gasteiger partial charge on any atom is -0.350 e. The van der Waals surface area contributed by atoms with Gasteiger partial charge in [-0.25, -0.2) is 0 Å². The van der Waals surface area contributed by atoms with E-state index in [-0.39, 0.29) is 11.8 Å². The van der Waals surface area contributed by atoms with Gasteiger partial charge in [0.1, 0.15) is 0 Å². The van der Waals surface area contributed by atoms with Crippen molar-refractivity contribution in [2.24, 2.45) is 5.92 Å². The Bertz CT molecular complexity index is 335. The summed E-state index contributed by atoms with van der Waals surface area (Å²) in [4.78, 5) is 11.8. The van der Waals surface area contributed by atoms with Gasteiger partial charge in [-0.15, -0.1) is 0 Å². The van der Waals surface area contributed by atoms with Gasteiger partial charge in [0.2, 0.25) is 5.91 Å². The van der Waals surface area contributed by atoms with E-state index in [1.165, 1.54) is 0 Å². The molecule has 0 saturated carbocycles. The molecule has 2 heterocycles. The Kier molecular flexibility index (Phi) is 3.82. The summed E-state index contributed by atoms with van der Waals surface area (Å²) >= 11 is 0. The number of nitrogens with zero attached hydrogens (tertiary/aromatic N) is 2. The highest BCUT2D eigenvalue weighted by Gasteiger charge is 2.20. The largest absolute Gasteiger partial charge is 0.350 e. The summed E-state index contributed by atoms with van der Waals surface area (Å²) in [7, 11) is 0. The lowest BCUT2D eigenvalue weighted by Crippen LogP contribution is -2.40. The molecule has 0 bridgehead atoms. The molecule has 2 rings (SSSR count). The maximum Gasteiger partial charge on any atom is 0.224 e. The third kappa shape index (κ3) is 3.00. The summed E-state index contributed by atoms with van der Waals surface area (Å²) < 4.78 is 0. The van der Waals surface area contributed by atoms with Crippen molar-refractivity contribution in [3.8, 4) is 0 Å². The molecule has 5 nitrogen and oxygen atoms in total. The van der Waals surface area contributed by atoms with Crippen LogP contribution >= 0.6 is 0 Å². The molecule has 1 fully saturated rings. The molecule has 1 aromatic rings. The van der Waals surface area contributed by atoms with Gasteiger partial charge in [0.15, 0.2) is 0 Å². The van der Waals surface area contributed by atoms with Crippen LogP contribution in [0.1, 0.15) is 18.5 Å². The van der Waals surface area contributed by atoms with Crippen molar-refractivity contribution >= 4 is 5.91 Å². The first kappa shape index (κ1) is 11.0. The Morgan fingerprint density at radius 3 is 3.25 bits per heavy atom. The van der Waals surface area contributed by atoms with E-state index in [1.807, 2.05) is 12.1 Å². The maximum absolute atomic E-state index is 11.8. The van der Waals surface area contributed by atoms with Crippen molar-refractivity contribution in [1.29, 1.82) is 0 Å². The first-order valence-electron chi connectivity index (χ1n) is 5.61. The van der Waals surface area contributed by atoms with Crippen molar-refractivity contribution in [1.82, 2.24) is 20.8 Å². The highest BCUT2D eigenvalue weighted by atomic mass is 16.1. The van der Waals surface area contributed by atoms with E-state index < -0.39 is 0 Å². The van der Waals surface area contributed by atoms with Crippen LogP contribution in [0.25, 0.3) is 0 Å². The summed E-state index contributed by atoms with van der Waals surface area (Å²) in [5.74, 6) is 0.211. The van der Waals surface area contributed by atoms with Crippen molar-refractivity contribution in [3.05, 3.63) is 24.0 Å². The number of hydrogen-bond donors (Lipinski definition) is 2. The number of carbonyl (C=O) groups excluding carboxylic acids is 1. The molecular weight excluding hydrogens is 204 g/mol. The highest BCUT2D eigenvalue weighted by Crippen LogP contribution is 2.09. The standard InChI is InChI=1S/C11H16N4O/c16-11(9-3-1-5-12-7-9)13-8-10-4-2-6-14-15-10/h2,4,6,9,12H,1,3,5,7-8H2,(H,13,16). The van der Waals surface area contributed by atoms with Gasteiger partial charge in [0.25, 0.3) is 0 Å². The fraction of sp³-hybridized carbons (Fsp3) is 0.545. The summed E-state index contributed by atoms with van der Waals surface area (Å²) in [6.07, 6.45) is 3.67. The summed E-state index contributed by atoms with van der Waals surface area (Å²) in [5, 5.41) is 13.8. The van der Waals surface area contributed by atoms with Crippen LogP contribution in [-0.4, -0.2) is 29.2 Å². The molecule has 1 aromatic heterocycles. The Morgan fingerprint density at radius 1 is 1.62 bits per heavy atom. The normalized spacial score (nSPS) is 20.4. The lowest BCUT2D eigenvalue weighted by Gasteiger charge is -2.21. The van der Waals surface area contributed by atoms with Crippen LogP contribution < -0.4 is 10.6 Å². The van der Waals surface area contributed by atoms with Gasteiger partial charge in [-0.3, -0.25) is 4.79 Å². The highest BCUT2D eigenvalue weighted by molar-refractivity contribution is 5.78. The van der Waals surface area contributed by atoms with Crippen LogP contribution in [0, 0.1) is 5.92 Å². The van der Waals surface area contributed by atoms with E-state index in [0.29, 0.717) is 6.54 Å². The molecule has 1 aliphatic rings. The van der Waals surface area contributed by atoms with Gasteiger partial charge < -0.3 is 10.6 Å². The molecule has 1 saturated heterocycles. The quantitative estimate of drug-likeness (QED) is 0.757. The van der Waals surface area contributed by atoms with E-state index in [9.17, 15) is 4.79 Å². The first-order chi connectivity index (χ1) is 7.86. The Hall–Kier alpha value is -1.49. The predicted octanol–water partition coefficient (Wildman–Crippen LogP) is 0.0924. The summed E-state index contributed by atoms with van der Waals surface area (Å²) in [5.41, 5.74) is 0.791. The van der Waals surface area contributed by atoms with E-state index in [4.69, 9.17) is 0 Å². The lowest BCUT2D eigenvalue weighted by atomic mass is 9.99. The molecule has 1 atom stereocenters. The van der Waals surface area contributed by atoms with E-state index >= 15 is 0 Å². The second-order valence-corrected chi connectivity index (χ2v) is 3.98. The fourth-order valence-corrected chi connectivity index (χ4v) is 1.83. The van der Waals surface area contributed by atoms with Gasteiger partial charge in [-0.1, -0.05) is 0 Å². The lowest BCUT2D eigenvalue weighted by molar-refractivity contribution is -0.125. The van der Waals surface area contributed by atoms with Gasteiger partial charge >= 0.3 is 0 Å². The average molecular weight is 220 g/mol. The molecule has 1 aliphatic heterocycles. The van der Waals surface area contributed by atoms with Crippen molar-refractivity contribution in [3.63, 3.8) is 0 Å². The monoisotopic (exact) mass is 220 g/mol. The maximum atomic E-state index is 11.8. The number of rotatable bonds is 3. The zero-order valence-electron chi connectivity index (χ0n) is 9.15. The number of hydrogen-bond acceptors (Lipinski definition) is 4. The molecule has 86 valence electrons. The predicted molar refractivity (Wildman–Crippen MR) is 59.5 cm³/mol. The van der Waals surface area contributed by atoms with Crippen molar-refractivity contribution < 1.29 is 4.79 Å². The minimum atomic E-state index is 0.102. The van der Waals surface area contributed by atoms with Gasteiger partial charge in [0, 0.05) is 12.7 Å². The van der Waals surface area contributed by atoms with Gasteiger partial charge in [0.05, 0.1) is 18.2 Å². The zero-order chi connectivity index (χ0) is 11.2. The second kappa shape index (κ2) is 5.55. The number of amides is 1. The van der Waals surface area contributed by atoms with Crippen LogP contribution in [0.15, 0.2) is 18.3 Å². The zero-order valence-corrected chi connectivity index (χ0v) is 9.15. The molecule has 5 heteroatoms. The Labute approximate surface area is 94.6 Å². The fourth-order valence-electron chi connectivity index (χ4n) is 1.83.